The van der Waals surface area contributed by atoms with E-state index in [1.165, 1.54) is 36.2 Å². The highest BCUT2D eigenvalue weighted by atomic mass is 32.2. The molecule has 2 aromatic rings. The molecule has 0 aliphatic carbocycles. The first-order chi connectivity index (χ1) is 8.93. The van der Waals surface area contributed by atoms with E-state index < -0.39 is 17.3 Å². The van der Waals surface area contributed by atoms with Gasteiger partial charge in [0.25, 0.3) is 5.56 Å². The van der Waals surface area contributed by atoms with Crippen molar-refractivity contribution in [2.24, 2.45) is 0 Å². The van der Waals surface area contributed by atoms with Gasteiger partial charge in [0.15, 0.2) is 5.16 Å². The van der Waals surface area contributed by atoms with E-state index in [4.69, 9.17) is 0 Å². The van der Waals surface area contributed by atoms with Crippen molar-refractivity contribution < 1.29 is 13.2 Å². The zero-order valence-corrected chi connectivity index (χ0v) is 10.6. The van der Waals surface area contributed by atoms with Crippen molar-refractivity contribution in [1.82, 2.24) is 9.55 Å². The molecule has 0 radical (unpaired) electrons. The molecule has 1 aromatic carbocycles. The maximum absolute atomic E-state index is 12.7. The van der Waals surface area contributed by atoms with Crippen molar-refractivity contribution in [3.63, 3.8) is 0 Å². The van der Waals surface area contributed by atoms with E-state index in [1.807, 2.05) is 0 Å². The summed E-state index contributed by atoms with van der Waals surface area (Å²) in [7, 11) is 0. The van der Waals surface area contributed by atoms with E-state index in [9.17, 15) is 18.0 Å². The van der Waals surface area contributed by atoms with E-state index in [0.29, 0.717) is 5.16 Å². The molecule has 0 spiro atoms. The maximum Gasteiger partial charge on any atom is 0.416 e. The highest BCUT2D eigenvalue weighted by molar-refractivity contribution is 7.98. The number of aromatic nitrogens is 2. The van der Waals surface area contributed by atoms with Crippen LogP contribution in [0.5, 0.6) is 0 Å². The van der Waals surface area contributed by atoms with Gasteiger partial charge in [-0.2, -0.15) is 13.2 Å². The van der Waals surface area contributed by atoms with E-state index >= 15 is 0 Å². The second kappa shape index (κ2) is 5.08. The van der Waals surface area contributed by atoms with Crippen molar-refractivity contribution in [1.29, 1.82) is 0 Å². The summed E-state index contributed by atoms with van der Waals surface area (Å²) in [5, 5.41) is 0.340. The summed E-state index contributed by atoms with van der Waals surface area (Å²) < 4.78 is 39.1. The average molecular weight is 286 g/mol. The first kappa shape index (κ1) is 13.7. The zero-order valence-electron chi connectivity index (χ0n) is 9.81. The van der Waals surface area contributed by atoms with Gasteiger partial charge in [-0.1, -0.05) is 17.8 Å². The molecule has 0 N–H and O–H groups in total. The Balaban J connectivity index is 2.64. The molecule has 0 unspecified atom stereocenters. The molecule has 0 fully saturated rings. The molecule has 0 saturated carbocycles. The van der Waals surface area contributed by atoms with Crippen LogP contribution in [0.15, 0.2) is 46.5 Å². The Labute approximate surface area is 111 Å². The molecule has 0 atom stereocenters. The highest BCUT2D eigenvalue weighted by Crippen LogP contribution is 2.30. The molecule has 7 heteroatoms. The van der Waals surface area contributed by atoms with Crippen LogP contribution in [0.2, 0.25) is 0 Å². The topological polar surface area (TPSA) is 34.9 Å². The second-order valence-corrected chi connectivity index (χ2v) is 4.43. The van der Waals surface area contributed by atoms with Gasteiger partial charge in [0, 0.05) is 12.3 Å². The lowest BCUT2D eigenvalue weighted by Gasteiger charge is -2.12. The Bertz CT molecular complexity index is 652. The second-order valence-electron chi connectivity index (χ2n) is 3.65. The normalized spacial score (nSPS) is 11.6. The summed E-state index contributed by atoms with van der Waals surface area (Å²) >= 11 is 1.19. The molecule has 1 heterocycles. The van der Waals surface area contributed by atoms with Crippen molar-refractivity contribution in [2.45, 2.75) is 11.3 Å². The van der Waals surface area contributed by atoms with Gasteiger partial charge in [-0.15, -0.1) is 0 Å². The van der Waals surface area contributed by atoms with Gasteiger partial charge in [0.1, 0.15) is 0 Å². The fraction of sp³-hybridized carbons (Fsp3) is 0.167. The van der Waals surface area contributed by atoms with E-state index in [1.54, 1.807) is 6.26 Å². The van der Waals surface area contributed by atoms with Gasteiger partial charge in [0.05, 0.1) is 11.3 Å². The number of thioether (sulfide) groups is 1. The summed E-state index contributed by atoms with van der Waals surface area (Å²) in [5.41, 5.74) is -1.07. The van der Waals surface area contributed by atoms with Gasteiger partial charge < -0.3 is 0 Å². The van der Waals surface area contributed by atoms with Crippen LogP contribution in [-0.2, 0) is 6.18 Å². The zero-order chi connectivity index (χ0) is 14.0. The van der Waals surface area contributed by atoms with Crippen LogP contribution in [0.4, 0.5) is 13.2 Å². The van der Waals surface area contributed by atoms with Crippen LogP contribution < -0.4 is 5.56 Å². The Kier molecular flexibility index (Phi) is 3.66. The molecular formula is C12H9F3N2OS. The average Bonchev–Trinajstić information content (AvgIpc) is 2.37. The van der Waals surface area contributed by atoms with Gasteiger partial charge in [-0.3, -0.25) is 9.36 Å². The molecule has 0 amide bonds. The maximum atomic E-state index is 12.7. The molecule has 1 aromatic heterocycles. The lowest BCUT2D eigenvalue weighted by Crippen LogP contribution is -2.20. The highest BCUT2D eigenvalue weighted by Gasteiger charge is 2.30. The van der Waals surface area contributed by atoms with Crippen LogP contribution in [0.25, 0.3) is 5.69 Å². The van der Waals surface area contributed by atoms with Gasteiger partial charge in [-0.05, 0) is 24.5 Å². The molecule has 3 nitrogen and oxygen atoms in total. The summed E-state index contributed by atoms with van der Waals surface area (Å²) in [6, 6.07) is 5.81. The Hall–Kier alpha value is -1.76. The van der Waals surface area contributed by atoms with Crippen LogP contribution in [0, 0.1) is 0 Å². The number of benzene rings is 1. The lowest BCUT2D eigenvalue weighted by molar-refractivity contribution is -0.137. The third-order valence-electron chi connectivity index (χ3n) is 2.43. The van der Waals surface area contributed by atoms with Crippen molar-refractivity contribution >= 4 is 11.8 Å². The first-order valence-corrected chi connectivity index (χ1v) is 6.45. The molecule has 0 aliphatic heterocycles. The quantitative estimate of drug-likeness (QED) is 0.629. The summed E-state index contributed by atoms with van der Waals surface area (Å²) in [4.78, 5) is 15.8. The minimum Gasteiger partial charge on any atom is -0.269 e. The monoisotopic (exact) mass is 286 g/mol. The number of hydrogen-bond acceptors (Lipinski definition) is 3. The van der Waals surface area contributed by atoms with Crippen LogP contribution >= 0.6 is 11.8 Å². The largest absolute Gasteiger partial charge is 0.416 e. The van der Waals surface area contributed by atoms with Gasteiger partial charge in [0.2, 0.25) is 0 Å². The molecule has 0 bridgehead atoms. The molecule has 100 valence electrons. The third-order valence-corrected chi connectivity index (χ3v) is 3.08. The minimum atomic E-state index is -4.44. The Morgan fingerprint density at radius 3 is 2.63 bits per heavy atom. The molecular weight excluding hydrogens is 277 g/mol. The van der Waals surface area contributed by atoms with E-state index in [2.05, 4.69) is 4.98 Å². The standard InChI is InChI=1S/C12H9F3N2OS/c1-19-11-16-6-5-10(18)17(11)9-4-2-3-8(7-9)12(13,14)15/h2-7H,1H3. The molecule has 0 aliphatic rings. The van der Waals surface area contributed by atoms with Crippen LogP contribution in [0.3, 0.4) is 0 Å². The van der Waals surface area contributed by atoms with Crippen LogP contribution in [0.1, 0.15) is 5.56 Å². The fourth-order valence-electron chi connectivity index (χ4n) is 1.59. The number of nitrogens with zero attached hydrogens (tertiary/aromatic N) is 2. The van der Waals surface area contributed by atoms with E-state index in [0.717, 1.165) is 16.7 Å². The Morgan fingerprint density at radius 2 is 2.00 bits per heavy atom. The van der Waals surface area contributed by atoms with Gasteiger partial charge >= 0.3 is 6.18 Å². The number of halogens is 3. The molecule has 0 saturated heterocycles. The van der Waals surface area contributed by atoms with Crippen LogP contribution in [-0.4, -0.2) is 15.8 Å². The molecule has 2 rings (SSSR count). The van der Waals surface area contributed by atoms with Crippen molar-refractivity contribution in [3.05, 3.63) is 52.4 Å². The minimum absolute atomic E-state index is 0.150. The van der Waals surface area contributed by atoms with E-state index in [-0.39, 0.29) is 5.69 Å². The summed E-state index contributed by atoms with van der Waals surface area (Å²) in [6.45, 7) is 0. The predicted octanol–water partition coefficient (Wildman–Crippen LogP) is 2.97. The predicted molar refractivity (Wildman–Crippen MR) is 66.6 cm³/mol. The van der Waals surface area contributed by atoms with Crippen molar-refractivity contribution in [2.75, 3.05) is 6.26 Å². The Morgan fingerprint density at radius 1 is 1.26 bits per heavy atom. The first-order valence-electron chi connectivity index (χ1n) is 5.23. The van der Waals surface area contributed by atoms with Gasteiger partial charge in [-0.25, -0.2) is 4.98 Å². The third kappa shape index (κ3) is 2.81. The fourth-order valence-corrected chi connectivity index (χ4v) is 2.14. The number of rotatable bonds is 2. The SMILES string of the molecule is CSc1nccc(=O)n1-c1cccc(C(F)(F)F)c1. The number of alkyl halides is 3. The summed E-state index contributed by atoms with van der Waals surface area (Å²) in [5.74, 6) is 0. The molecule has 19 heavy (non-hydrogen) atoms. The number of hydrogen-bond donors (Lipinski definition) is 0. The smallest absolute Gasteiger partial charge is 0.269 e. The lowest BCUT2D eigenvalue weighted by atomic mass is 10.2. The summed E-state index contributed by atoms with van der Waals surface area (Å²) in [6.07, 6.45) is -1.41. The van der Waals surface area contributed by atoms with Crippen molar-refractivity contribution in [3.8, 4) is 5.69 Å².